The maximum Gasteiger partial charge on any atom is 0.319 e. The lowest BCUT2D eigenvalue weighted by Crippen LogP contribution is -2.33. The Hall–Kier alpha value is -2.93. The van der Waals surface area contributed by atoms with Gasteiger partial charge >= 0.3 is 6.03 Å². The number of aromatic nitrogens is 2. The van der Waals surface area contributed by atoms with Crippen LogP contribution in [0.4, 0.5) is 10.5 Å². The van der Waals surface area contributed by atoms with Crippen LogP contribution in [0.1, 0.15) is 75.2 Å². The summed E-state index contributed by atoms with van der Waals surface area (Å²) in [6.45, 7) is 5.89. The average molecular weight is 420 g/mol. The number of anilines is 1. The van der Waals surface area contributed by atoms with Gasteiger partial charge in [0, 0.05) is 35.9 Å². The van der Waals surface area contributed by atoms with Gasteiger partial charge in [0.15, 0.2) is 5.82 Å². The van der Waals surface area contributed by atoms with Gasteiger partial charge in [0.2, 0.25) is 0 Å². The number of carbonyl (C=O) groups is 1. The molecule has 1 aliphatic heterocycles. The molecule has 1 saturated carbocycles. The van der Waals surface area contributed by atoms with Crippen molar-refractivity contribution < 1.29 is 9.90 Å². The summed E-state index contributed by atoms with van der Waals surface area (Å²) in [6, 6.07) is 4.29. The minimum Gasteiger partial charge on any atom is -0.382 e. The number of rotatable bonds is 5. The van der Waals surface area contributed by atoms with Crippen molar-refractivity contribution in [2.75, 3.05) is 11.9 Å². The van der Waals surface area contributed by atoms with Crippen LogP contribution in [-0.2, 0) is 5.60 Å². The minimum atomic E-state index is -1.06. The number of nitrogens with zero attached hydrogens (tertiary/aromatic N) is 2. The Morgan fingerprint density at radius 3 is 2.55 bits per heavy atom. The quantitative estimate of drug-likeness (QED) is 0.585. The first-order valence-corrected chi connectivity index (χ1v) is 11.2. The molecule has 0 spiro atoms. The first-order valence-electron chi connectivity index (χ1n) is 11.2. The van der Waals surface area contributed by atoms with Crippen LogP contribution < -0.4 is 16.0 Å². The second-order valence-corrected chi connectivity index (χ2v) is 9.23. The topological polar surface area (TPSA) is 99.2 Å². The second kappa shape index (κ2) is 7.34. The van der Waals surface area contributed by atoms with Gasteiger partial charge in [-0.2, -0.15) is 0 Å². The summed E-state index contributed by atoms with van der Waals surface area (Å²) in [5, 5.41) is 19.5. The zero-order valence-electron chi connectivity index (χ0n) is 18.2. The molecular weight excluding hydrogens is 390 g/mol. The molecule has 3 aliphatic rings. The van der Waals surface area contributed by atoms with Gasteiger partial charge in [-0.1, -0.05) is 18.9 Å². The van der Waals surface area contributed by atoms with Gasteiger partial charge in [-0.15, -0.1) is 0 Å². The summed E-state index contributed by atoms with van der Waals surface area (Å²) in [6.07, 6.45) is 8.50. The summed E-state index contributed by atoms with van der Waals surface area (Å²) < 4.78 is 0. The van der Waals surface area contributed by atoms with Crippen molar-refractivity contribution in [2.24, 2.45) is 0 Å². The Morgan fingerprint density at radius 2 is 1.90 bits per heavy atom. The van der Waals surface area contributed by atoms with Crippen molar-refractivity contribution in [2.45, 2.75) is 63.9 Å². The van der Waals surface area contributed by atoms with Crippen LogP contribution in [0.3, 0.4) is 0 Å². The predicted molar refractivity (Wildman–Crippen MR) is 120 cm³/mol. The predicted octanol–water partition coefficient (Wildman–Crippen LogP) is 4.08. The van der Waals surface area contributed by atoms with Gasteiger partial charge < -0.3 is 21.1 Å². The molecule has 1 fully saturated rings. The molecule has 0 saturated heterocycles. The van der Waals surface area contributed by atoms with Gasteiger partial charge in [0.05, 0.1) is 11.6 Å². The Kier molecular flexibility index (Phi) is 4.73. The molecule has 7 nitrogen and oxygen atoms in total. The SMILES string of the molecule is CCNC(=O)NC1=C2Nc3cc(-c4cnc(C(C)(C)O)nc4)cc(C4CCCC4)c3[C@@H]12. The first kappa shape index (κ1) is 20.0. The number of urea groups is 1. The first-order chi connectivity index (χ1) is 14.9. The summed E-state index contributed by atoms with van der Waals surface area (Å²) in [7, 11) is 0. The number of fused-ring (bicyclic) bond motifs is 3. The van der Waals surface area contributed by atoms with Gasteiger partial charge in [-0.25, -0.2) is 14.8 Å². The lowest BCUT2D eigenvalue weighted by molar-refractivity contribution is 0.0687. The maximum absolute atomic E-state index is 12.0. The summed E-state index contributed by atoms with van der Waals surface area (Å²) in [5.74, 6) is 1.13. The van der Waals surface area contributed by atoms with E-state index in [1.54, 1.807) is 26.2 Å². The number of aliphatic hydroxyl groups is 1. The Labute approximate surface area is 182 Å². The van der Waals surface area contributed by atoms with E-state index in [0.29, 0.717) is 18.3 Å². The zero-order valence-corrected chi connectivity index (χ0v) is 18.2. The fraction of sp³-hybridized carbons (Fsp3) is 0.458. The van der Waals surface area contributed by atoms with Gasteiger partial charge in [0.25, 0.3) is 0 Å². The monoisotopic (exact) mass is 419 g/mol. The number of nitrogens with one attached hydrogen (secondary N) is 3. The van der Waals surface area contributed by atoms with E-state index in [1.165, 1.54) is 36.8 Å². The molecule has 4 N–H and O–H groups in total. The molecule has 0 radical (unpaired) electrons. The highest BCUT2D eigenvalue weighted by atomic mass is 16.3. The number of carbonyl (C=O) groups excluding carboxylic acids is 1. The van der Waals surface area contributed by atoms with E-state index in [4.69, 9.17) is 0 Å². The van der Waals surface area contributed by atoms with E-state index in [9.17, 15) is 9.90 Å². The minimum absolute atomic E-state index is 0.147. The summed E-state index contributed by atoms with van der Waals surface area (Å²) in [4.78, 5) is 20.8. The van der Waals surface area contributed by atoms with Crippen molar-refractivity contribution >= 4 is 11.7 Å². The van der Waals surface area contributed by atoms with Crippen molar-refractivity contribution in [1.82, 2.24) is 20.6 Å². The standard InChI is InChI=1S/C24H29N5O2/c1-4-25-23(30)29-21-19-18-16(13-7-5-6-8-13)9-14(10-17(18)28-20(19)21)15-11-26-22(27-12-15)24(2,3)31/h9-13,19,28,31H,4-8H2,1-3H3,(H2,25,29,30)/t19-/m1/s1. The molecule has 5 rings (SSSR count). The third-order valence-corrected chi connectivity index (χ3v) is 6.47. The summed E-state index contributed by atoms with van der Waals surface area (Å²) in [5.41, 5.74) is 6.85. The van der Waals surface area contributed by atoms with E-state index in [-0.39, 0.29) is 11.9 Å². The van der Waals surface area contributed by atoms with E-state index in [0.717, 1.165) is 28.2 Å². The van der Waals surface area contributed by atoms with Crippen LogP contribution in [-0.4, -0.2) is 27.7 Å². The third kappa shape index (κ3) is 3.57. The number of hydrogen-bond donors (Lipinski definition) is 4. The number of hydrogen-bond acceptors (Lipinski definition) is 5. The van der Waals surface area contributed by atoms with Gasteiger partial charge in [-0.3, -0.25) is 0 Å². The molecule has 1 aromatic heterocycles. The average Bonchev–Trinajstić information content (AvgIpc) is 3.13. The van der Waals surface area contributed by atoms with Crippen LogP contribution in [0.15, 0.2) is 35.9 Å². The molecule has 31 heavy (non-hydrogen) atoms. The van der Waals surface area contributed by atoms with Crippen LogP contribution in [0.2, 0.25) is 0 Å². The van der Waals surface area contributed by atoms with Gasteiger partial charge in [0.1, 0.15) is 5.60 Å². The van der Waals surface area contributed by atoms with E-state index < -0.39 is 5.60 Å². The number of benzene rings is 1. The highest BCUT2D eigenvalue weighted by molar-refractivity contribution is 5.87. The van der Waals surface area contributed by atoms with Crippen molar-refractivity contribution in [3.8, 4) is 11.1 Å². The molecular formula is C24H29N5O2. The summed E-state index contributed by atoms with van der Waals surface area (Å²) >= 11 is 0. The van der Waals surface area contributed by atoms with E-state index >= 15 is 0 Å². The molecule has 1 aromatic carbocycles. The number of allylic oxidation sites excluding steroid dienone is 2. The highest BCUT2D eigenvalue weighted by Crippen LogP contribution is 2.58. The van der Waals surface area contributed by atoms with Gasteiger partial charge in [-0.05, 0) is 62.3 Å². The molecule has 2 heterocycles. The maximum atomic E-state index is 12.0. The van der Waals surface area contributed by atoms with Crippen LogP contribution in [0, 0.1) is 0 Å². The van der Waals surface area contributed by atoms with Crippen LogP contribution in [0.5, 0.6) is 0 Å². The third-order valence-electron chi connectivity index (χ3n) is 6.47. The smallest absolute Gasteiger partial charge is 0.319 e. The molecule has 162 valence electrons. The highest BCUT2D eigenvalue weighted by Gasteiger charge is 2.48. The zero-order chi connectivity index (χ0) is 21.8. The lowest BCUT2D eigenvalue weighted by atomic mass is 9.87. The second-order valence-electron chi connectivity index (χ2n) is 9.23. The Balaban J connectivity index is 1.49. The largest absolute Gasteiger partial charge is 0.382 e. The van der Waals surface area contributed by atoms with E-state index in [1.807, 2.05) is 6.92 Å². The molecule has 2 amide bonds. The van der Waals surface area contributed by atoms with Crippen molar-refractivity contribution in [3.05, 3.63) is 52.9 Å². The van der Waals surface area contributed by atoms with Crippen molar-refractivity contribution in [1.29, 1.82) is 0 Å². The molecule has 0 bridgehead atoms. The molecule has 2 aliphatic carbocycles. The molecule has 1 atom stereocenters. The molecule has 0 unspecified atom stereocenters. The molecule has 7 heteroatoms. The van der Waals surface area contributed by atoms with Crippen LogP contribution >= 0.6 is 0 Å². The van der Waals surface area contributed by atoms with Crippen molar-refractivity contribution in [3.63, 3.8) is 0 Å². The fourth-order valence-electron chi connectivity index (χ4n) is 4.90. The Bertz CT molecular complexity index is 1060. The van der Waals surface area contributed by atoms with E-state index in [2.05, 4.69) is 38.1 Å². The fourth-order valence-corrected chi connectivity index (χ4v) is 4.90. The van der Waals surface area contributed by atoms with Crippen LogP contribution in [0.25, 0.3) is 11.1 Å². The normalized spacial score (nSPS) is 19.7. The molecule has 2 aromatic rings. The Morgan fingerprint density at radius 1 is 1.19 bits per heavy atom. The lowest BCUT2D eigenvalue weighted by Gasteiger charge is -2.19. The number of amides is 2.